The predicted octanol–water partition coefficient (Wildman–Crippen LogP) is 4.94. The zero-order valence-electron chi connectivity index (χ0n) is 15.6. The van der Waals surface area contributed by atoms with Crippen molar-refractivity contribution in [3.8, 4) is 0 Å². The van der Waals surface area contributed by atoms with Gasteiger partial charge in [0.15, 0.2) is 0 Å². The Kier molecular flexibility index (Phi) is 6.39. The van der Waals surface area contributed by atoms with E-state index in [2.05, 4.69) is 0 Å². The van der Waals surface area contributed by atoms with Crippen LogP contribution in [0.15, 0.2) is 47.4 Å². The van der Waals surface area contributed by atoms with E-state index in [0.29, 0.717) is 29.8 Å². The highest BCUT2D eigenvalue weighted by Crippen LogP contribution is 2.40. The molecule has 4 nitrogen and oxygen atoms in total. The second kappa shape index (κ2) is 8.45. The van der Waals surface area contributed by atoms with Crippen LogP contribution in [0.25, 0.3) is 0 Å². The van der Waals surface area contributed by atoms with Gasteiger partial charge < -0.3 is 4.74 Å². The maximum Gasteiger partial charge on any atom is 0.243 e. The number of sulfonamides is 1. The minimum Gasteiger partial charge on any atom is -0.380 e. The summed E-state index contributed by atoms with van der Waals surface area (Å²) in [6.07, 6.45) is 1.38. The van der Waals surface area contributed by atoms with Crippen molar-refractivity contribution in [1.29, 1.82) is 0 Å². The van der Waals surface area contributed by atoms with Gasteiger partial charge in [0, 0.05) is 18.2 Å². The Morgan fingerprint density at radius 3 is 2.29 bits per heavy atom. The first kappa shape index (κ1) is 21.2. The summed E-state index contributed by atoms with van der Waals surface area (Å²) in [5.74, 6) is -1.47. The quantitative estimate of drug-likeness (QED) is 0.676. The topological polar surface area (TPSA) is 46.6 Å². The normalized spacial score (nSPS) is 22.2. The lowest BCUT2D eigenvalue weighted by Crippen LogP contribution is -2.50. The monoisotopic (exact) mass is 429 g/mol. The fourth-order valence-electron chi connectivity index (χ4n) is 3.76. The zero-order valence-corrected chi connectivity index (χ0v) is 17.2. The third-order valence-corrected chi connectivity index (χ3v) is 7.38. The van der Waals surface area contributed by atoms with Crippen molar-refractivity contribution in [3.63, 3.8) is 0 Å². The SMILES string of the molecule is CO[C@@H](C)[C@@H]1CCC[C@H](c2cc(F)cc(F)c2)N1S(=O)(=O)c1ccc(Cl)cc1. The third kappa shape index (κ3) is 4.22. The maximum absolute atomic E-state index is 13.8. The molecule has 1 aliphatic rings. The molecule has 28 heavy (non-hydrogen) atoms. The average molecular weight is 430 g/mol. The summed E-state index contributed by atoms with van der Waals surface area (Å²) in [6.45, 7) is 1.80. The van der Waals surface area contributed by atoms with Crippen molar-refractivity contribution in [1.82, 2.24) is 4.31 Å². The van der Waals surface area contributed by atoms with Crippen LogP contribution in [0.3, 0.4) is 0 Å². The van der Waals surface area contributed by atoms with Gasteiger partial charge >= 0.3 is 0 Å². The van der Waals surface area contributed by atoms with Crippen molar-refractivity contribution in [2.24, 2.45) is 0 Å². The number of benzene rings is 2. The van der Waals surface area contributed by atoms with Gasteiger partial charge in [-0.1, -0.05) is 11.6 Å². The smallest absolute Gasteiger partial charge is 0.243 e. The first-order valence-electron chi connectivity index (χ1n) is 9.02. The minimum atomic E-state index is -3.96. The molecule has 0 aromatic heterocycles. The maximum atomic E-state index is 13.8. The first-order valence-corrected chi connectivity index (χ1v) is 10.8. The van der Waals surface area contributed by atoms with Crippen LogP contribution in [0.2, 0.25) is 5.02 Å². The summed E-state index contributed by atoms with van der Waals surface area (Å²) in [7, 11) is -2.44. The van der Waals surface area contributed by atoms with Gasteiger partial charge in [-0.05, 0) is 68.1 Å². The van der Waals surface area contributed by atoms with E-state index in [0.717, 1.165) is 6.07 Å². The van der Waals surface area contributed by atoms with Crippen LogP contribution in [0, 0.1) is 11.6 Å². The Hall–Kier alpha value is -1.54. The molecule has 2 aromatic rings. The summed E-state index contributed by atoms with van der Waals surface area (Å²) in [4.78, 5) is 0.0778. The molecule has 0 aliphatic carbocycles. The van der Waals surface area contributed by atoms with E-state index >= 15 is 0 Å². The Morgan fingerprint density at radius 1 is 1.11 bits per heavy atom. The van der Waals surface area contributed by atoms with Crippen LogP contribution in [-0.4, -0.2) is 32.0 Å². The van der Waals surface area contributed by atoms with Crippen molar-refractivity contribution >= 4 is 21.6 Å². The molecule has 0 N–H and O–H groups in total. The van der Waals surface area contributed by atoms with E-state index < -0.39 is 33.7 Å². The molecule has 0 bridgehead atoms. The van der Waals surface area contributed by atoms with Crippen molar-refractivity contribution in [3.05, 3.63) is 64.7 Å². The number of ether oxygens (including phenoxy) is 1. The fraction of sp³-hybridized carbons (Fsp3) is 0.400. The lowest BCUT2D eigenvalue weighted by Gasteiger charge is -2.43. The van der Waals surface area contributed by atoms with Gasteiger partial charge in [-0.3, -0.25) is 0 Å². The molecule has 0 unspecified atom stereocenters. The molecular weight excluding hydrogens is 408 g/mol. The Bertz CT molecular complexity index is 917. The Morgan fingerprint density at radius 2 is 1.71 bits per heavy atom. The molecule has 0 spiro atoms. The van der Waals surface area contributed by atoms with Crippen molar-refractivity contribution < 1.29 is 21.9 Å². The van der Waals surface area contributed by atoms with Gasteiger partial charge in [-0.25, -0.2) is 17.2 Å². The number of halogens is 3. The number of piperidine rings is 1. The van der Waals surface area contributed by atoms with Gasteiger partial charge in [0.2, 0.25) is 10.0 Å². The summed E-state index contributed by atoms with van der Waals surface area (Å²) in [5.41, 5.74) is 0.294. The minimum absolute atomic E-state index is 0.0778. The van der Waals surface area contributed by atoms with Crippen molar-refractivity contribution in [2.75, 3.05) is 7.11 Å². The lowest BCUT2D eigenvalue weighted by atomic mass is 9.91. The number of nitrogens with zero attached hydrogens (tertiary/aromatic N) is 1. The van der Waals surface area contributed by atoms with Crippen LogP contribution < -0.4 is 0 Å². The highest BCUT2D eigenvalue weighted by Gasteiger charge is 2.43. The Balaban J connectivity index is 2.13. The molecule has 3 atom stereocenters. The molecule has 1 saturated heterocycles. The van der Waals surface area contributed by atoms with E-state index in [1.807, 2.05) is 0 Å². The number of methoxy groups -OCH3 is 1. The van der Waals surface area contributed by atoms with Crippen LogP contribution >= 0.6 is 11.6 Å². The molecule has 1 aliphatic heterocycles. The third-order valence-electron chi connectivity index (χ3n) is 5.18. The molecule has 3 rings (SSSR count). The molecule has 152 valence electrons. The summed E-state index contributed by atoms with van der Waals surface area (Å²) < 4.78 is 61.5. The zero-order chi connectivity index (χ0) is 20.5. The van der Waals surface area contributed by atoms with Crippen LogP contribution in [-0.2, 0) is 14.8 Å². The van der Waals surface area contributed by atoms with Crippen LogP contribution in [0.1, 0.15) is 37.8 Å². The van der Waals surface area contributed by atoms with E-state index in [9.17, 15) is 17.2 Å². The van der Waals surface area contributed by atoms with E-state index in [1.165, 1.54) is 47.8 Å². The first-order chi connectivity index (χ1) is 13.2. The van der Waals surface area contributed by atoms with Gasteiger partial charge in [-0.15, -0.1) is 0 Å². The van der Waals surface area contributed by atoms with Gasteiger partial charge in [-0.2, -0.15) is 4.31 Å². The second-order valence-electron chi connectivity index (χ2n) is 6.95. The average Bonchev–Trinajstić information content (AvgIpc) is 2.66. The van der Waals surface area contributed by atoms with E-state index in [1.54, 1.807) is 6.92 Å². The molecular formula is C20H22ClF2NO3S. The summed E-state index contributed by atoms with van der Waals surface area (Å²) in [6, 6.07) is 7.88. The molecule has 0 radical (unpaired) electrons. The van der Waals surface area contributed by atoms with Crippen molar-refractivity contribution in [2.45, 2.75) is 49.3 Å². The van der Waals surface area contributed by atoms with Gasteiger partial charge in [0.05, 0.1) is 23.1 Å². The highest BCUT2D eigenvalue weighted by atomic mass is 35.5. The second-order valence-corrected chi connectivity index (χ2v) is 9.23. The number of hydrogen-bond donors (Lipinski definition) is 0. The molecule has 0 amide bonds. The molecule has 1 fully saturated rings. The highest BCUT2D eigenvalue weighted by molar-refractivity contribution is 7.89. The molecule has 1 heterocycles. The largest absolute Gasteiger partial charge is 0.380 e. The summed E-state index contributed by atoms with van der Waals surface area (Å²) >= 11 is 5.90. The standard InChI is InChI=1S/C20H22ClF2NO3S/c1-13(27-2)19-4-3-5-20(14-10-16(22)12-17(23)11-14)24(19)28(25,26)18-8-6-15(21)7-9-18/h6-13,19-20H,3-5H2,1-2H3/t13-,19-,20+/m0/s1. The Labute approximate surface area is 169 Å². The fourth-order valence-corrected chi connectivity index (χ4v) is 5.80. The lowest BCUT2D eigenvalue weighted by molar-refractivity contribution is 0.0234. The van der Waals surface area contributed by atoms with Gasteiger partial charge in [0.25, 0.3) is 0 Å². The number of hydrogen-bond acceptors (Lipinski definition) is 3. The van der Waals surface area contributed by atoms with E-state index in [4.69, 9.17) is 16.3 Å². The predicted molar refractivity (Wildman–Crippen MR) is 104 cm³/mol. The van der Waals surface area contributed by atoms with Crippen LogP contribution in [0.4, 0.5) is 8.78 Å². The van der Waals surface area contributed by atoms with E-state index in [-0.39, 0.29) is 11.0 Å². The molecule has 2 aromatic carbocycles. The van der Waals surface area contributed by atoms with Crippen LogP contribution in [0.5, 0.6) is 0 Å². The molecule has 8 heteroatoms. The molecule has 0 saturated carbocycles. The van der Waals surface area contributed by atoms with Gasteiger partial charge in [0.1, 0.15) is 11.6 Å². The number of rotatable bonds is 5. The summed E-state index contributed by atoms with van der Waals surface area (Å²) in [5, 5.41) is 0.420.